The topological polar surface area (TPSA) is 65.3 Å². The number of benzene rings is 2. The molecule has 0 radical (unpaired) electrons. The Kier molecular flexibility index (Phi) is 4.53. The molecular weight excluding hydrogens is 352 g/mol. The van der Waals surface area contributed by atoms with Gasteiger partial charge in [-0.15, -0.1) is 0 Å². The molecule has 2 aromatic carbocycles. The standard InChI is InChI=1S/C22H20N4O2/c1-15-9-11-17(12-10-15)20-13-18(24-28-20)14-23-21-16(2)25(3)26(22(21)27)19-7-5-4-6-8-19/h4-14H,1-3H3. The molecule has 0 spiro atoms. The van der Waals surface area contributed by atoms with Crippen LogP contribution in [-0.4, -0.2) is 20.7 Å². The summed E-state index contributed by atoms with van der Waals surface area (Å²) in [6.07, 6.45) is 1.56. The van der Waals surface area contributed by atoms with E-state index in [9.17, 15) is 4.79 Å². The Morgan fingerprint density at radius 3 is 2.46 bits per heavy atom. The summed E-state index contributed by atoms with van der Waals surface area (Å²) >= 11 is 0. The Morgan fingerprint density at radius 1 is 1.04 bits per heavy atom. The fourth-order valence-corrected chi connectivity index (χ4v) is 3.04. The summed E-state index contributed by atoms with van der Waals surface area (Å²) in [6.45, 7) is 3.90. The maximum atomic E-state index is 12.9. The third-order valence-electron chi connectivity index (χ3n) is 4.71. The number of hydrogen-bond donors (Lipinski definition) is 0. The van der Waals surface area contributed by atoms with Gasteiger partial charge in [-0.05, 0) is 26.0 Å². The Balaban J connectivity index is 1.66. The highest BCUT2D eigenvalue weighted by Gasteiger charge is 2.15. The zero-order valence-corrected chi connectivity index (χ0v) is 16.0. The predicted octanol–water partition coefficient (Wildman–Crippen LogP) is 4.20. The van der Waals surface area contributed by atoms with Gasteiger partial charge in [-0.25, -0.2) is 9.67 Å². The Morgan fingerprint density at radius 2 is 1.75 bits per heavy atom. The Labute approximate surface area is 162 Å². The number of aliphatic imine (C=N–C) groups is 1. The average Bonchev–Trinajstić information content (AvgIpc) is 3.25. The molecule has 0 amide bonds. The summed E-state index contributed by atoms with van der Waals surface area (Å²) in [6, 6.07) is 19.3. The number of aryl methyl sites for hydroxylation is 1. The molecule has 0 unspecified atom stereocenters. The summed E-state index contributed by atoms with van der Waals surface area (Å²) in [4.78, 5) is 17.3. The highest BCUT2D eigenvalue weighted by Crippen LogP contribution is 2.21. The Hall–Kier alpha value is -3.67. The summed E-state index contributed by atoms with van der Waals surface area (Å²) in [5, 5.41) is 4.04. The van der Waals surface area contributed by atoms with Gasteiger partial charge in [0.15, 0.2) is 11.4 Å². The van der Waals surface area contributed by atoms with E-state index < -0.39 is 0 Å². The highest BCUT2D eigenvalue weighted by atomic mass is 16.5. The molecule has 2 heterocycles. The Bertz CT molecular complexity index is 1200. The van der Waals surface area contributed by atoms with E-state index in [0.29, 0.717) is 17.1 Å². The second-order valence-corrected chi connectivity index (χ2v) is 6.65. The third kappa shape index (κ3) is 3.20. The van der Waals surface area contributed by atoms with Crippen LogP contribution in [0.25, 0.3) is 17.0 Å². The van der Waals surface area contributed by atoms with Gasteiger partial charge in [0.1, 0.15) is 5.69 Å². The van der Waals surface area contributed by atoms with Crippen molar-refractivity contribution in [1.82, 2.24) is 14.5 Å². The van der Waals surface area contributed by atoms with E-state index in [-0.39, 0.29) is 5.56 Å². The van der Waals surface area contributed by atoms with Crippen LogP contribution in [-0.2, 0) is 7.05 Å². The van der Waals surface area contributed by atoms with Crippen LogP contribution in [0.1, 0.15) is 17.0 Å². The van der Waals surface area contributed by atoms with E-state index in [0.717, 1.165) is 16.9 Å². The summed E-state index contributed by atoms with van der Waals surface area (Å²) in [5.41, 5.74) is 4.45. The predicted molar refractivity (Wildman–Crippen MR) is 110 cm³/mol. The molecule has 4 aromatic rings. The van der Waals surface area contributed by atoms with Gasteiger partial charge in [-0.3, -0.25) is 9.48 Å². The monoisotopic (exact) mass is 372 g/mol. The van der Waals surface area contributed by atoms with Gasteiger partial charge in [0, 0.05) is 18.7 Å². The summed E-state index contributed by atoms with van der Waals surface area (Å²) in [5.74, 6) is 0.660. The van der Waals surface area contributed by atoms with Crippen LogP contribution in [0.5, 0.6) is 0 Å². The van der Waals surface area contributed by atoms with Gasteiger partial charge >= 0.3 is 0 Å². The largest absolute Gasteiger partial charge is 0.356 e. The van der Waals surface area contributed by atoms with Gasteiger partial charge in [0.05, 0.1) is 17.6 Å². The van der Waals surface area contributed by atoms with Gasteiger partial charge < -0.3 is 4.52 Å². The molecule has 6 heteroatoms. The lowest BCUT2D eigenvalue weighted by Crippen LogP contribution is -2.19. The molecule has 140 valence electrons. The molecule has 28 heavy (non-hydrogen) atoms. The van der Waals surface area contributed by atoms with E-state index >= 15 is 0 Å². The van der Waals surface area contributed by atoms with Crippen LogP contribution in [0.4, 0.5) is 5.69 Å². The quantitative estimate of drug-likeness (QED) is 0.504. The minimum absolute atomic E-state index is 0.176. The van der Waals surface area contributed by atoms with Gasteiger partial charge in [0.25, 0.3) is 5.56 Å². The maximum Gasteiger partial charge on any atom is 0.297 e. The molecular formula is C22H20N4O2. The molecule has 4 rings (SSSR count). The van der Waals surface area contributed by atoms with Crippen molar-refractivity contribution in [2.75, 3.05) is 0 Å². The molecule has 0 fully saturated rings. The normalized spacial score (nSPS) is 11.4. The van der Waals surface area contributed by atoms with Crippen LogP contribution >= 0.6 is 0 Å². The molecule has 0 saturated carbocycles. The van der Waals surface area contributed by atoms with Crippen LogP contribution in [0.2, 0.25) is 0 Å². The first-order valence-electron chi connectivity index (χ1n) is 8.96. The van der Waals surface area contributed by atoms with Crippen molar-refractivity contribution in [3.05, 3.63) is 88.0 Å². The van der Waals surface area contributed by atoms with Crippen molar-refractivity contribution >= 4 is 11.9 Å². The fraction of sp³-hybridized carbons (Fsp3) is 0.136. The van der Waals surface area contributed by atoms with Gasteiger partial charge in [-0.1, -0.05) is 53.2 Å². The minimum Gasteiger partial charge on any atom is -0.356 e. The zero-order chi connectivity index (χ0) is 19.7. The molecule has 0 saturated heterocycles. The van der Waals surface area contributed by atoms with E-state index in [2.05, 4.69) is 10.1 Å². The summed E-state index contributed by atoms with van der Waals surface area (Å²) < 4.78 is 8.80. The fourth-order valence-electron chi connectivity index (χ4n) is 3.04. The lowest BCUT2D eigenvalue weighted by molar-refractivity contribution is 0.431. The lowest BCUT2D eigenvalue weighted by atomic mass is 10.1. The second-order valence-electron chi connectivity index (χ2n) is 6.65. The molecule has 0 aliphatic rings. The van der Waals surface area contributed by atoms with Crippen molar-refractivity contribution in [3.63, 3.8) is 0 Å². The van der Waals surface area contributed by atoms with Crippen molar-refractivity contribution < 1.29 is 4.52 Å². The van der Waals surface area contributed by atoms with E-state index in [4.69, 9.17) is 4.52 Å². The first-order chi connectivity index (χ1) is 13.5. The van der Waals surface area contributed by atoms with Crippen LogP contribution in [0.15, 0.2) is 75.0 Å². The SMILES string of the molecule is Cc1ccc(-c2cc(C=Nc3c(C)n(C)n(-c4ccccc4)c3=O)no2)cc1. The first-order valence-corrected chi connectivity index (χ1v) is 8.96. The first kappa shape index (κ1) is 17.7. The number of aromatic nitrogens is 3. The third-order valence-corrected chi connectivity index (χ3v) is 4.71. The van der Waals surface area contributed by atoms with Crippen molar-refractivity contribution in [1.29, 1.82) is 0 Å². The van der Waals surface area contributed by atoms with Crippen LogP contribution in [0.3, 0.4) is 0 Å². The number of rotatable bonds is 4. The molecule has 0 aliphatic heterocycles. The average molecular weight is 372 g/mol. The molecule has 0 aliphatic carbocycles. The van der Waals surface area contributed by atoms with Gasteiger partial charge in [0.2, 0.25) is 0 Å². The van der Waals surface area contributed by atoms with E-state index in [1.165, 1.54) is 5.56 Å². The van der Waals surface area contributed by atoms with E-state index in [1.54, 1.807) is 15.6 Å². The smallest absolute Gasteiger partial charge is 0.297 e. The molecule has 2 aromatic heterocycles. The number of para-hydroxylation sites is 1. The molecule has 0 atom stereocenters. The van der Waals surface area contributed by atoms with Crippen LogP contribution in [0, 0.1) is 13.8 Å². The summed E-state index contributed by atoms with van der Waals surface area (Å²) in [7, 11) is 1.84. The molecule has 0 N–H and O–H groups in total. The number of nitrogens with zero attached hydrogens (tertiary/aromatic N) is 4. The maximum absolute atomic E-state index is 12.9. The minimum atomic E-state index is -0.176. The van der Waals surface area contributed by atoms with Crippen molar-refractivity contribution in [2.24, 2.45) is 12.0 Å². The molecule has 0 bridgehead atoms. The lowest BCUT2D eigenvalue weighted by Gasteiger charge is -2.07. The van der Waals surface area contributed by atoms with Crippen molar-refractivity contribution in [2.45, 2.75) is 13.8 Å². The molecule has 6 nitrogen and oxygen atoms in total. The number of hydrogen-bond acceptors (Lipinski definition) is 4. The van der Waals surface area contributed by atoms with Crippen LogP contribution < -0.4 is 5.56 Å². The van der Waals surface area contributed by atoms with Crippen molar-refractivity contribution in [3.8, 4) is 17.0 Å². The highest BCUT2D eigenvalue weighted by molar-refractivity contribution is 5.81. The van der Waals surface area contributed by atoms with E-state index in [1.807, 2.05) is 81.6 Å². The second kappa shape index (κ2) is 7.15. The van der Waals surface area contributed by atoms with Gasteiger partial charge in [-0.2, -0.15) is 0 Å². The zero-order valence-electron chi connectivity index (χ0n) is 16.0.